The van der Waals surface area contributed by atoms with Gasteiger partial charge in [-0.3, -0.25) is 4.21 Å². The minimum Gasteiger partial charge on any atom is -0.255 e. The zero-order valence-electron chi connectivity index (χ0n) is 8.51. The van der Waals surface area contributed by atoms with Crippen LogP contribution in [0.4, 0.5) is 0 Å². The van der Waals surface area contributed by atoms with Crippen LogP contribution in [-0.4, -0.2) is 10.5 Å². The fourth-order valence-corrected chi connectivity index (χ4v) is 1.99. The standard InChI is InChI=1S/C13H12OS/c1-15(14)13-9-7-12(8-10-13)11-5-3-2-4-6-11/h2-10H,1H3. The van der Waals surface area contributed by atoms with Crippen LogP contribution in [0.3, 0.4) is 0 Å². The van der Waals surface area contributed by atoms with E-state index in [2.05, 4.69) is 12.1 Å². The summed E-state index contributed by atoms with van der Waals surface area (Å²) in [7, 11) is -0.894. The van der Waals surface area contributed by atoms with Crippen molar-refractivity contribution in [3.8, 4) is 11.1 Å². The van der Waals surface area contributed by atoms with Crippen molar-refractivity contribution in [2.24, 2.45) is 0 Å². The Balaban J connectivity index is 2.36. The minimum atomic E-state index is -0.894. The third-order valence-electron chi connectivity index (χ3n) is 2.29. The van der Waals surface area contributed by atoms with Crippen LogP contribution in [0, 0.1) is 0 Å². The molecule has 2 aromatic carbocycles. The summed E-state index contributed by atoms with van der Waals surface area (Å²) < 4.78 is 11.2. The Labute approximate surface area is 92.2 Å². The first-order valence-corrected chi connectivity index (χ1v) is 6.32. The van der Waals surface area contributed by atoms with E-state index in [0.717, 1.165) is 10.5 Å². The zero-order valence-corrected chi connectivity index (χ0v) is 9.33. The van der Waals surface area contributed by atoms with Gasteiger partial charge < -0.3 is 0 Å². The molecule has 0 aliphatic rings. The van der Waals surface area contributed by atoms with E-state index in [4.69, 9.17) is 0 Å². The molecule has 0 aromatic heterocycles. The van der Waals surface area contributed by atoms with E-state index in [9.17, 15) is 4.21 Å². The van der Waals surface area contributed by atoms with Gasteiger partial charge in [0, 0.05) is 22.0 Å². The summed E-state index contributed by atoms with van der Waals surface area (Å²) in [5.74, 6) is 0. The Morgan fingerprint density at radius 1 is 0.800 bits per heavy atom. The lowest BCUT2D eigenvalue weighted by atomic mass is 10.1. The minimum absolute atomic E-state index is 0.870. The summed E-state index contributed by atoms with van der Waals surface area (Å²) in [5, 5.41) is 0. The predicted octanol–water partition coefficient (Wildman–Crippen LogP) is 3.09. The molecule has 0 radical (unpaired) electrons. The van der Waals surface area contributed by atoms with Crippen molar-refractivity contribution in [1.82, 2.24) is 0 Å². The topological polar surface area (TPSA) is 17.1 Å². The van der Waals surface area contributed by atoms with Gasteiger partial charge in [0.15, 0.2) is 0 Å². The van der Waals surface area contributed by atoms with Crippen LogP contribution < -0.4 is 0 Å². The molecule has 76 valence electrons. The fraction of sp³-hybridized carbons (Fsp3) is 0.0769. The number of hydrogen-bond donors (Lipinski definition) is 0. The smallest absolute Gasteiger partial charge is 0.0498 e. The van der Waals surface area contributed by atoms with Crippen molar-refractivity contribution in [3.63, 3.8) is 0 Å². The van der Waals surface area contributed by atoms with Gasteiger partial charge in [0.25, 0.3) is 0 Å². The summed E-state index contributed by atoms with van der Waals surface area (Å²) in [4.78, 5) is 0.870. The normalized spacial score (nSPS) is 12.3. The maximum atomic E-state index is 11.2. The number of hydrogen-bond acceptors (Lipinski definition) is 1. The van der Waals surface area contributed by atoms with Crippen molar-refractivity contribution >= 4 is 10.8 Å². The highest BCUT2D eigenvalue weighted by Crippen LogP contribution is 2.19. The van der Waals surface area contributed by atoms with Crippen LogP contribution in [0.5, 0.6) is 0 Å². The molecule has 0 heterocycles. The molecule has 0 N–H and O–H groups in total. The van der Waals surface area contributed by atoms with Crippen molar-refractivity contribution in [1.29, 1.82) is 0 Å². The van der Waals surface area contributed by atoms with E-state index >= 15 is 0 Å². The molecule has 0 spiro atoms. The molecule has 0 amide bonds. The summed E-state index contributed by atoms with van der Waals surface area (Å²) in [5.41, 5.74) is 2.34. The van der Waals surface area contributed by atoms with Crippen molar-refractivity contribution in [3.05, 3.63) is 54.6 Å². The zero-order chi connectivity index (χ0) is 10.7. The molecule has 0 saturated carbocycles. The maximum absolute atomic E-state index is 11.2. The van der Waals surface area contributed by atoms with E-state index in [1.54, 1.807) is 6.26 Å². The Morgan fingerprint density at radius 3 is 1.87 bits per heavy atom. The summed E-state index contributed by atoms with van der Waals surface area (Å²) in [6.07, 6.45) is 1.69. The molecule has 1 atom stereocenters. The first-order valence-electron chi connectivity index (χ1n) is 4.76. The molecule has 0 bridgehead atoms. The maximum Gasteiger partial charge on any atom is 0.0498 e. The molecule has 15 heavy (non-hydrogen) atoms. The molecule has 0 saturated heterocycles. The molecular formula is C13H12OS. The Morgan fingerprint density at radius 2 is 1.33 bits per heavy atom. The van der Waals surface area contributed by atoms with E-state index < -0.39 is 10.8 Å². The molecule has 0 aliphatic carbocycles. The molecule has 1 unspecified atom stereocenters. The SMILES string of the molecule is CS(=O)c1ccc(-c2ccccc2)cc1. The molecule has 0 aliphatic heterocycles. The van der Waals surface area contributed by atoms with Gasteiger partial charge in [-0.2, -0.15) is 0 Å². The average molecular weight is 216 g/mol. The summed E-state index contributed by atoms with van der Waals surface area (Å²) in [6, 6.07) is 18.0. The van der Waals surface area contributed by atoms with Crippen LogP contribution in [-0.2, 0) is 10.8 Å². The van der Waals surface area contributed by atoms with Crippen LogP contribution in [0.1, 0.15) is 0 Å². The van der Waals surface area contributed by atoms with Crippen LogP contribution in [0.25, 0.3) is 11.1 Å². The lowest BCUT2D eigenvalue weighted by Gasteiger charge is -2.02. The second-order valence-electron chi connectivity index (χ2n) is 3.34. The van der Waals surface area contributed by atoms with Crippen LogP contribution >= 0.6 is 0 Å². The third-order valence-corrected chi connectivity index (χ3v) is 3.23. The summed E-state index contributed by atoms with van der Waals surface area (Å²) >= 11 is 0. The monoisotopic (exact) mass is 216 g/mol. The van der Waals surface area contributed by atoms with Gasteiger partial charge in [-0.1, -0.05) is 42.5 Å². The van der Waals surface area contributed by atoms with Gasteiger partial charge in [0.1, 0.15) is 0 Å². The largest absolute Gasteiger partial charge is 0.255 e. The lowest BCUT2D eigenvalue weighted by molar-refractivity contribution is 0.687. The van der Waals surface area contributed by atoms with E-state index in [1.165, 1.54) is 5.56 Å². The van der Waals surface area contributed by atoms with Crippen molar-refractivity contribution < 1.29 is 4.21 Å². The average Bonchev–Trinajstić information content (AvgIpc) is 2.30. The van der Waals surface area contributed by atoms with Crippen molar-refractivity contribution in [2.45, 2.75) is 4.90 Å². The van der Waals surface area contributed by atoms with Gasteiger partial charge in [0.05, 0.1) is 0 Å². The second kappa shape index (κ2) is 4.41. The van der Waals surface area contributed by atoms with Gasteiger partial charge in [-0.25, -0.2) is 0 Å². The summed E-state index contributed by atoms with van der Waals surface area (Å²) in [6.45, 7) is 0. The first kappa shape index (κ1) is 10.1. The predicted molar refractivity (Wildman–Crippen MR) is 64.2 cm³/mol. The van der Waals surface area contributed by atoms with E-state index in [-0.39, 0.29) is 0 Å². The van der Waals surface area contributed by atoms with Gasteiger partial charge in [-0.05, 0) is 23.3 Å². The highest BCUT2D eigenvalue weighted by atomic mass is 32.2. The van der Waals surface area contributed by atoms with E-state index in [1.807, 2.05) is 42.5 Å². The van der Waals surface area contributed by atoms with Gasteiger partial charge in [-0.15, -0.1) is 0 Å². The van der Waals surface area contributed by atoms with E-state index in [0.29, 0.717) is 0 Å². The lowest BCUT2D eigenvalue weighted by Crippen LogP contribution is -1.86. The van der Waals surface area contributed by atoms with Crippen LogP contribution in [0.2, 0.25) is 0 Å². The molecule has 2 rings (SSSR count). The molecule has 1 nitrogen and oxygen atoms in total. The van der Waals surface area contributed by atoms with Gasteiger partial charge in [0.2, 0.25) is 0 Å². The first-order chi connectivity index (χ1) is 7.27. The number of rotatable bonds is 2. The Hall–Kier alpha value is -1.41. The van der Waals surface area contributed by atoms with Gasteiger partial charge >= 0.3 is 0 Å². The fourth-order valence-electron chi connectivity index (χ4n) is 1.47. The second-order valence-corrected chi connectivity index (χ2v) is 4.72. The van der Waals surface area contributed by atoms with Crippen molar-refractivity contribution in [2.75, 3.05) is 6.26 Å². The quantitative estimate of drug-likeness (QED) is 0.754. The Bertz CT molecular complexity index is 460. The highest BCUT2D eigenvalue weighted by Gasteiger charge is 1.98. The molecule has 2 heteroatoms. The third kappa shape index (κ3) is 2.34. The Kier molecular flexibility index (Phi) is 2.97. The molecule has 0 fully saturated rings. The van der Waals surface area contributed by atoms with Crippen LogP contribution in [0.15, 0.2) is 59.5 Å². The molecule has 2 aromatic rings. The molecular weight excluding hydrogens is 204 g/mol. The number of benzene rings is 2. The highest BCUT2D eigenvalue weighted by molar-refractivity contribution is 7.84.